The summed E-state index contributed by atoms with van der Waals surface area (Å²) in [7, 11) is 2.14. The fraction of sp³-hybridized carbons (Fsp3) is 0.600. The number of benzene rings is 1. The summed E-state index contributed by atoms with van der Waals surface area (Å²) < 4.78 is 13.7. The molecule has 0 radical (unpaired) electrons. The Labute approximate surface area is 115 Å². The van der Waals surface area contributed by atoms with Gasteiger partial charge in [0.25, 0.3) is 0 Å². The smallest absolute Gasteiger partial charge is 0.125 e. The van der Waals surface area contributed by atoms with E-state index in [9.17, 15) is 4.39 Å². The van der Waals surface area contributed by atoms with Crippen LogP contribution in [0.15, 0.2) is 18.2 Å². The van der Waals surface area contributed by atoms with Crippen molar-refractivity contribution in [1.29, 1.82) is 0 Å². The Morgan fingerprint density at radius 2 is 2.11 bits per heavy atom. The Balaban J connectivity index is 2.24. The van der Waals surface area contributed by atoms with Crippen LogP contribution in [0.1, 0.15) is 18.9 Å². The second kappa shape index (κ2) is 6.35. The molecule has 1 fully saturated rings. The summed E-state index contributed by atoms with van der Waals surface area (Å²) in [5, 5.41) is 0. The van der Waals surface area contributed by atoms with Gasteiger partial charge in [-0.2, -0.15) is 0 Å². The lowest BCUT2D eigenvalue weighted by molar-refractivity contribution is 0.337. The average molecular weight is 265 g/mol. The summed E-state index contributed by atoms with van der Waals surface area (Å²) in [5.41, 5.74) is 7.55. The molecule has 0 saturated carbocycles. The zero-order valence-electron chi connectivity index (χ0n) is 11.9. The molecule has 0 aromatic heterocycles. The van der Waals surface area contributed by atoms with Crippen molar-refractivity contribution >= 4 is 5.69 Å². The molecule has 0 spiro atoms. The second-order valence-corrected chi connectivity index (χ2v) is 5.51. The van der Waals surface area contributed by atoms with Gasteiger partial charge in [-0.05, 0) is 63.7 Å². The van der Waals surface area contributed by atoms with E-state index in [2.05, 4.69) is 29.8 Å². The minimum absolute atomic E-state index is 0.161. The van der Waals surface area contributed by atoms with Gasteiger partial charge in [0.05, 0.1) is 0 Å². The summed E-state index contributed by atoms with van der Waals surface area (Å²) in [6.07, 6.45) is 1.84. The fourth-order valence-electron chi connectivity index (χ4n) is 2.87. The lowest BCUT2D eigenvalue weighted by Crippen LogP contribution is -2.38. The van der Waals surface area contributed by atoms with Crippen molar-refractivity contribution in [3.63, 3.8) is 0 Å². The molecule has 3 nitrogen and oxygen atoms in total. The first kappa shape index (κ1) is 14.3. The topological polar surface area (TPSA) is 32.5 Å². The summed E-state index contributed by atoms with van der Waals surface area (Å²) in [6, 6.07) is 5.71. The number of halogens is 1. The van der Waals surface area contributed by atoms with Crippen LogP contribution in [0, 0.1) is 5.82 Å². The number of likely N-dealkylation sites (N-methyl/N-ethyl adjacent to an activating group) is 1. The SMILES string of the molecule is CC1CN(C)CCCN1c1cc(F)cc(CCN)c1. The van der Waals surface area contributed by atoms with Gasteiger partial charge in [-0.15, -0.1) is 0 Å². The van der Waals surface area contributed by atoms with E-state index in [1.807, 2.05) is 0 Å². The van der Waals surface area contributed by atoms with Crippen molar-refractivity contribution in [3.8, 4) is 0 Å². The van der Waals surface area contributed by atoms with Crippen LogP contribution >= 0.6 is 0 Å². The van der Waals surface area contributed by atoms with Gasteiger partial charge in [0.15, 0.2) is 0 Å². The first-order valence-electron chi connectivity index (χ1n) is 7.05. The Kier molecular flexibility index (Phi) is 4.77. The second-order valence-electron chi connectivity index (χ2n) is 5.51. The maximum absolute atomic E-state index is 13.7. The highest BCUT2D eigenvalue weighted by Crippen LogP contribution is 2.23. The van der Waals surface area contributed by atoms with Crippen LogP contribution in [0.2, 0.25) is 0 Å². The van der Waals surface area contributed by atoms with E-state index in [-0.39, 0.29) is 5.82 Å². The molecule has 0 bridgehead atoms. The van der Waals surface area contributed by atoms with Crippen molar-refractivity contribution in [2.45, 2.75) is 25.8 Å². The third kappa shape index (κ3) is 3.67. The molecule has 2 N–H and O–H groups in total. The average Bonchev–Trinajstić information content (AvgIpc) is 2.49. The number of nitrogens with zero attached hydrogens (tertiary/aromatic N) is 2. The Hall–Kier alpha value is -1.13. The highest BCUT2D eigenvalue weighted by atomic mass is 19.1. The molecule has 1 saturated heterocycles. The third-order valence-corrected chi connectivity index (χ3v) is 3.75. The van der Waals surface area contributed by atoms with E-state index < -0.39 is 0 Å². The first-order valence-corrected chi connectivity index (χ1v) is 7.05. The largest absolute Gasteiger partial charge is 0.367 e. The molecule has 1 heterocycles. The molecule has 1 aliphatic rings. The van der Waals surface area contributed by atoms with Gasteiger partial charge in [0.2, 0.25) is 0 Å². The molecule has 1 aliphatic heterocycles. The Bertz CT molecular complexity index is 422. The molecule has 1 unspecified atom stereocenters. The predicted molar refractivity (Wildman–Crippen MR) is 78.1 cm³/mol. The number of anilines is 1. The summed E-state index contributed by atoms with van der Waals surface area (Å²) in [6.45, 7) is 5.86. The van der Waals surface area contributed by atoms with Crippen LogP contribution in [0.4, 0.5) is 10.1 Å². The predicted octanol–water partition coefficient (Wildman–Crippen LogP) is 1.86. The molecular formula is C15H24FN3. The minimum atomic E-state index is -0.161. The fourth-order valence-corrected chi connectivity index (χ4v) is 2.87. The van der Waals surface area contributed by atoms with Crippen molar-refractivity contribution < 1.29 is 4.39 Å². The van der Waals surface area contributed by atoms with E-state index >= 15 is 0 Å². The van der Waals surface area contributed by atoms with Gasteiger partial charge < -0.3 is 15.5 Å². The van der Waals surface area contributed by atoms with Gasteiger partial charge in [0.1, 0.15) is 5.82 Å². The standard InChI is InChI=1S/C15H24FN3/c1-12-11-18(2)6-3-7-19(12)15-9-13(4-5-17)8-14(16)10-15/h8-10,12H,3-7,11,17H2,1-2H3. The monoisotopic (exact) mass is 265 g/mol. The van der Waals surface area contributed by atoms with Crippen LogP contribution in [0.5, 0.6) is 0 Å². The summed E-state index contributed by atoms with van der Waals surface area (Å²) in [5.74, 6) is -0.161. The molecule has 106 valence electrons. The van der Waals surface area contributed by atoms with Gasteiger partial charge in [-0.3, -0.25) is 0 Å². The molecule has 1 aromatic rings. The van der Waals surface area contributed by atoms with Crippen molar-refractivity contribution in [2.75, 3.05) is 38.1 Å². The van der Waals surface area contributed by atoms with E-state index in [0.29, 0.717) is 12.6 Å². The van der Waals surface area contributed by atoms with Gasteiger partial charge in [-0.25, -0.2) is 4.39 Å². The number of hydrogen-bond donors (Lipinski definition) is 1. The maximum Gasteiger partial charge on any atom is 0.125 e. The van der Waals surface area contributed by atoms with E-state index in [1.165, 1.54) is 0 Å². The highest BCUT2D eigenvalue weighted by molar-refractivity contribution is 5.50. The van der Waals surface area contributed by atoms with Gasteiger partial charge in [-0.1, -0.05) is 0 Å². The minimum Gasteiger partial charge on any atom is -0.367 e. The lowest BCUT2D eigenvalue weighted by Gasteiger charge is -2.30. The van der Waals surface area contributed by atoms with Gasteiger partial charge in [0, 0.05) is 24.8 Å². The molecular weight excluding hydrogens is 241 g/mol. The van der Waals surface area contributed by atoms with E-state index in [1.54, 1.807) is 12.1 Å². The van der Waals surface area contributed by atoms with Crippen LogP contribution in [0.25, 0.3) is 0 Å². The Morgan fingerprint density at radius 3 is 2.84 bits per heavy atom. The molecule has 1 aromatic carbocycles. The highest BCUT2D eigenvalue weighted by Gasteiger charge is 2.20. The normalized spacial score (nSPS) is 21.5. The number of rotatable bonds is 3. The number of hydrogen-bond acceptors (Lipinski definition) is 3. The zero-order chi connectivity index (χ0) is 13.8. The summed E-state index contributed by atoms with van der Waals surface area (Å²) >= 11 is 0. The quantitative estimate of drug-likeness (QED) is 0.905. The van der Waals surface area contributed by atoms with Crippen molar-refractivity contribution in [2.24, 2.45) is 5.73 Å². The molecule has 4 heteroatoms. The van der Waals surface area contributed by atoms with Crippen LogP contribution in [0.3, 0.4) is 0 Å². The van der Waals surface area contributed by atoms with Crippen LogP contribution in [-0.4, -0.2) is 44.2 Å². The van der Waals surface area contributed by atoms with Crippen molar-refractivity contribution in [1.82, 2.24) is 4.90 Å². The van der Waals surface area contributed by atoms with Crippen LogP contribution in [-0.2, 0) is 6.42 Å². The van der Waals surface area contributed by atoms with Crippen molar-refractivity contribution in [3.05, 3.63) is 29.6 Å². The lowest BCUT2D eigenvalue weighted by atomic mass is 10.1. The molecule has 1 atom stereocenters. The number of nitrogens with two attached hydrogens (primary N) is 1. The van der Waals surface area contributed by atoms with Gasteiger partial charge >= 0.3 is 0 Å². The molecule has 0 amide bonds. The first-order chi connectivity index (χ1) is 9.10. The third-order valence-electron chi connectivity index (χ3n) is 3.75. The summed E-state index contributed by atoms with van der Waals surface area (Å²) in [4.78, 5) is 4.65. The van der Waals surface area contributed by atoms with E-state index in [4.69, 9.17) is 5.73 Å². The maximum atomic E-state index is 13.7. The zero-order valence-corrected chi connectivity index (χ0v) is 11.9. The molecule has 19 heavy (non-hydrogen) atoms. The molecule has 2 rings (SSSR count). The van der Waals surface area contributed by atoms with Crippen LogP contribution < -0.4 is 10.6 Å². The Morgan fingerprint density at radius 1 is 1.32 bits per heavy atom. The van der Waals surface area contributed by atoms with E-state index in [0.717, 1.165) is 43.7 Å². The molecule has 0 aliphatic carbocycles.